The van der Waals surface area contributed by atoms with Gasteiger partial charge in [0, 0.05) is 38.6 Å². The van der Waals surface area contributed by atoms with Gasteiger partial charge in [0.05, 0.1) is 18.0 Å². The molecule has 0 aromatic heterocycles. The van der Waals surface area contributed by atoms with E-state index in [1.54, 1.807) is 12.1 Å². The molecule has 9 heteroatoms. The minimum Gasteiger partial charge on any atom is -0.338 e. The lowest BCUT2D eigenvalue weighted by Crippen LogP contribution is -2.57. The van der Waals surface area contributed by atoms with Crippen molar-refractivity contribution in [3.05, 3.63) is 59.7 Å². The molecule has 2 aliphatic rings. The van der Waals surface area contributed by atoms with Gasteiger partial charge in [-0.05, 0) is 41.6 Å². The van der Waals surface area contributed by atoms with Gasteiger partial charge in [-0.15, -0.1) is 0 Å². The molecule has 1 heterocycles. The first kappa shape index (κ1) is 30.0. The molecule has 2 fully saturated rings. The Kier molecular flexibility index (Phi) is 9.88. The third kappa shape index (κ3) is 7.84. The van der Waals surface area contributed by atoms with Crippen LogP contribution in [0, 0.1) is 11.3 Å². The van der Waals surface area contributed by atoms with Crippen LogP contribution in [0.4, 0.5) is 13.2 Å². The zero-order valence-corrected chi connectivity index (χ0v) is 23.2. The van der Waals surface area contributed by atoms with Gasteiger partial charge >= 0.3 is 6.18 Å². The van der Waals surface area contributed by atoms with Crippen molar-refractivity contribution in [2.24, 2.45) is 5.73 Å². The molecule has 2 atom stereocenters. The second-order valence-electron chi connectivity index (χ2n) is 11.2. The molecular formula is C31H40F3N5O. The Morgan fingerprint density at radius 1 is 1.00 bits per heavy atom. The molecule has 6 nitrogen and oxygen atoms in total. The number of nitrogens with one attached hydrogen (secondary N) is 1. The van der Waals surface area contributed by atoms with Crippen molar-refractivity contribution in [1.29, 1.82) is 5.26 Å². The number of likely N-dealkylation sites (N-methyl/N-ethyl adjacent to an activating group) is 1. The number of halogens is 3. The number of benzene rings is 2. The first-order valence-corrected chi connectivity index (χ1v) is 14.3. The molecule has 1 saturated heterocycles. The molecule has 1 amide bonds. The van der Waals surface area contributed by atoms with Crippen LogP contribution in [0.3, 0.4) is 0 Å². The standard InChI is InChI=1S/C31H40F3N5O/c1-2-38-16-18-39(19-17-38)28(21-31(32,33)34)26-12-10-25(11-13-26)24-8-6-23(7-9-24)20-27(22-35)37-29(40)30(36)14-4-3-5-15-30/h6-13,27-28H,2-5,14-21,36H2,1H3,(H,37,40)/t27-,28?/m0/s1. The van der Waals surface area contributed by atoms with Crippen molar-refractivity contribution in [3.8, 4) is 17.2 Å². The number of alkyl halides is 3. The largest absolute Gasteiger partial charge is 0.390 e. The van der Waals surface area contributed by atoms with Crippen LogP contribution >= 0.6 is 0 Å². The van der Waals surface area contributed by atoms with E-state index in [4.69, 9.17) is 5.73 Å². The molecular weight excluding hydrogens is 515 g/mol. The van der Waals surface area contributed by atoms with Gasteiger partial charge in [-0.1, -0.05) is 74.7 Å². The Hall–Kier alpha value is -2.93. The number of carbonyl (C=O) groups excluding carboxylic acids is 1. The topological polar surface area (TPSA) is 85.4 Å². The molecule has 4 rings (SSSR count). The van der Waals surface area contributed by atoms with Crippen LogP contribution in [-0.4, -0.2) is 66.2 Å². The fourth-order valence-corrected chi connectivity index (χ4v) is 5.88. The Morgan fingerprint density at radius 3 is 2.10 bits per heavy atom. The zero-order chi connectivity index (χ0) is 28.8. The molecule has 216 valence electrons. The highest BCUT2D eigenvalue weighted by Crippen LogP contribution is 2.35. The van der Waals surface area contributed by atoms with E-state index in [2.05, 4.69) is 23.2 Å². The summed E-state index contributed by atoms with van der Waals surface area (Å²) in [5.74, 6) is -0.258. The molecule has 0 radical (unpaired) electrons. The van der Waals surface area contributed by atoms with Crippen LogP contribution in [0.2, 0.25) is 0 Å². The highest BCUT2D eigenvalue weighted by molar-refractivity contribution is 5.86. The number of nitrogens with zero attached hydrogens (tertiary/aromatic N) is 3. The van der Waals surface area contributed by atoms with E-state index in [0.717, 1.165) is 55.6 Å². The summed E-state index contributed by atoms with van der Waals surface area (Å²) in [5.41, 5.74) is 8.83. The molecule has 1 aliphatic heterocycles. The predicted octanol–water partition coefficient (Wildman–Crippen LogP) is 5.20. The maximum absolute atomic E-state index is 13.5. The van der Waals surface area contributed by atoms with Crippen molar-refractivity contribution in [2.75, 3.05) is 32.7 Å². The average Bonchev–Trinajstić information content (AvgIpc) is 2.96. The van der Waals surface area contributed by atoms with Crippen molar-refractivity contribution >= 4 is 5.91 Å². The Balaban J connectivity index is 1.40. The van der Waals surface area contributed by atoms with E-state index in [-0.39, 0.29) is 5.91 Å². The summed E-state index contributed by atoms with van der Waals surface area (Å²) >= 11 is 0. The van der Waals surface area contributed by atoms with E-state index in [1.165, 1.54) is 0 Å². The molecule has 0 bridgehead atoms. The van der Waals surface area contributed by atoms with E-state index >= 15 is 0 Å². The lowest BCUT2D eigenvalue weighted by molar-refractivity contribution is -0.149. The van der Waals surface area contributed by atoms with E-state index in [0.29, 0.717) is 37.9 Å². The first-order valence-electron chi connectivity index (χ1n) is 14.3. The molecule has 40 heavy (non-hydrogen) atoms. The van der Waals surface area contributed by atoms with Gasteiger partial charge in [-0.3, -0.25) is 9.69 Å². The minimum absolute atomic E-state index is 0.258. The molecule has 1 saturated carbocycles. The van der Waals surface area contributed by atoms with Gasteiger partial charge in [0.1, 0.15) is 6.04 Å². The van der Waals surface area contributed by atoms with E-state index in [1.807, 2.05) is 41.3 Å². The van der Waals surface area contributed by atoms with E-state index in [9.17, 15) is 23.2 Å². The number of piperazine rings is 1. The maximum Gasteiger partial charge on any atom is 0.390 e. The summed E-state index contributed by atoms with van der Waals surface area (Å²) in [6, 6.07) is 15.9. The summed E-state index contributed by atoms with van der Waals surface area (Å²) < 4.78 is 40.5. The minimum atomic E-state index is -4.25. The molecule has 3 N–H and O–H groups in total. The lowest BCUT2D eigenvalue weighted by atomic mass is 9.81. The van der Waals surface area contributed by atoms with Crippen molar-refractivity contribution in [3.63, 3.8) is 0 Å². The number of hydrogen-bond acceptors (Lipinski definition) is 5. The molecule has 1 unspecified atom stereocenters. The molecule has 2 aromatic rings. The van der Waals surface area contributed by atoms with Crippen LogP contribution < -0.4 is 11.1 Å². The second-order valence-corrected chi connectivity index (χ2v) is 11.2. The smallest absolute Gasteiger partial charge is 0.338 e. The highest BCUT2D eigenvalue weighted by atomic mass is 19.4. The zero-order valence-electron chi connectivity index (χ0n) is 23.2. The van der Waals surface area contributed by atoms with Gasteiger partial charge in [-0.2, -0.15) is 18.4 Å². The molecule has 2 aromatic carbocycles. The molecule has 1 aliphatic carbocycles. The maximum atomic E-state index is 13.5. The van der Waals surface area contributed by atoms with Gasteiger partial charge in [-0.25, -0.2) is 0 Å². The van der Waals surface area contributed by atoms with Gasteiger partial charge in [0.2, 0.25) is 5.91 Å². The monoisotopic (exact) mass is 555 g/mol. The first-order chi connectivity index (χ1) is 19.1. The normalized spacial score (nSPS) is 19.9. The van der Waals surface area contributed by atoms with Crippen LogP contribution in [0.15, 0.2) is 48.5 Å². The second kappa shape index (κ2) is 13.2. The van der Waals surface area contributed by atoms with Gasteiger partial charge in [0.25, 0.3) is 0 Å². The van der Waals surface area contributed by atoms with Crippen LogP contribution in [0.25, 0.3) is 11.1 Å². The van der Waals surface area contributed by atoms with Crippen molar-refractivity contribution < 1.29 is 18.0 Å². The third-order valence-electron chi connectivity index (χ3n) is 8.40. The fourth-order valence-electron chi connectivity index (χ4n) is 5.88. The van der Waals surface area contributed by atoms with Crippen LogP contribution in [-0.2, 0) is 11.2 Å². The van der Waals surface area contributed by atoms with Crippen molar-refractivity contribution in [2.45, 2.75) is 75.7 Å². The summed E-state index contributed by atoms with van der Waals surface area (Å²) in [6.07, 6.45) is -0.563. The third-order valence-corrected chi connectivity index (χ3v) is 8.40. The van der Waals surface area contributed by atoms with Crippen molar-refractivity contribution in [1.82, 2.24) is 15.1 Å². The number of rotatable bonds is 9. The van der Waals surface area contributed by atoms with Gasteiger partial charge in [0.15, 0.2) is 0 Å². The van der Waals surface area contributed by atoms with E-state index < -0.39 is 30.2 Å². The lowest BCUT2D eigenvalue weighted by Gasteiger charge is -2.39. The Labute approximate surface area is 235 Å². The number of hydrogen-bond donors (Lipinski definition) is 2. The number of carbonyl (C=O) groups is 1. The number of amides is 1. The van der Waals surface area contributed by atoms with Gasteiger partial charge < -0.3 is 16.0 Å². The fraction of sp³-hybridized carbons (Fsp3) is 0.548. The van der Waals surface area contributed by atoms with Crippen LogP contribution in [0.1, 0.15) is 62.6 Å². The molecule has 0 spiro atoms. The quantitative estimate of drug-likeness (QED) is 0.445. The average molecular weight is 556 g/mol. The number of nitriles is 1. The summed E-state index contributed by atoms with van der Waals surface area (Å²) in [7, 11) is 0. The van der Waals surface area contributed by atoms with Crippen LogP contribution in [0.5, 0.6) is 0 Å². The number of nitrogens with two attached hydrogens (primary N) is 1. The predicted molar refractivity (Wildman–Crippen MR) is 150 cm³/mol. The SMILES string of the molecule is CCN1CCN(C(CC(F)(F)F)c2ccc(-c3ccc(C[C@@H](C#N)NC(=O)C4(N)CCCCC4)cc3)cc2)CC1. The summed E-state index contributed by atoms with van der Waals surface area (Å²) in [5, 5.41) is 12.5. The highest BCUT2D eigenvalue weighted by Gasteiger charge is 2.37. The Morgan fingerprint density at radius 2 is 1.57 bits per heavy atom. The summed E-state index contributed by atoms with van der Waals surface area (Å²) in [6.45, 7) is 5.77. The Bertz CT molecular complexity index is 1150. The summed E-state index contributed by atoms with van der Waals surface area (Å²) in [4.78, 5) is 17.0.